The third-order valence-corrected chi connectivity index (χ3v) is 4.80. The second-order valence-corrected chi connectivity index (χ2v) is 6.72. The fourth-order valence-electron chi connectivity index (χ4n) is 3.45. The van der Waals surface area contributed by atoms with Crippen LogP contribution in [0.1, 0.15) is 13.8 Å². The van der Waals surface area contributed by atoms with E-state index in [1.165, 1.54) is 10.4 Å². The lowest BCUT2D eigenvalue weighted by molar-refractivity contribution is 0.274. The summed E-state index contributed by atoms with van der Waals surface area (Å²) in [7, 11) is 0. The van der Waals surface area contributed by atoms with Crippen LogP contribution in [0.4, 0.5) is 5.69 Å². The number of benzene rings is 1. The van der Waals surface area contributed by atoms with Gasteiger partial charge in [0.1, 0.15) is 0 Å². The molecule has 4 rings (SSSR count). The first-order chi connectivity index (χ1) is 13.7. The molecule has 0 aliphatic carbocycles. The number of hydrogen-bond donors (Lipinski definition) is 0. The maximum Gasteiger partial charge on any atom is 0.350 e. The highest BCUT2D eigenvalue weighted by atomic mass is 16.2. The highest BCUT2D eigenvalue weighted by Crippen LogP contribution is 2.16. The zero-order valence-corrected chi connectivity index (χ0v) is 16.8. The van der Waals surface area contributed by atoms with Crippen molar-refractivity contribution in [2.45, 2.75) is 20.4 Å². The van der Waals surface area contributed by atoms with Crippen molar-refractivity contribution in [1.29, 1.82) is 0 Å². The number of pyridine rings is 1. The molecule has 1 fully saturated rings. The Morgan fingerprint density at radius 3 is 2.32 bits per heavy atom. The van der Waals surface area contributed by atoms with Gasteiger partial charge in [-0.05, 0) is 29.8 Å². The van der Waals surface area contributed by atoms with E-state index < -0.39 is 0 Å². The number of fused-ring (bicyclic) bond motifs is 1. The molecular formula is C22H29N5O. The third-order valence-electron chi connectivity index (χ3n) is 4.80. The fourth-order valence-corrected chi connectivity index (χ4v) is 3.45. The van der Waals surface area contributed by atoms with E-state index in [2.05, 4.69) is 45.7 Å². The van der Waals surface area contributed by atoms with E-state index >= 15 is 0 Å². The molecule has 3 aromatic rings. The minimum absolute atomic E-state index is 0.115. The van der Waals surface area contributed by atoms with Gasteiger partial charge in [-0.2, -0.15) is 0 Å². The number of rotatable bonds is 5. The van der Waals surface area contributed by atoms with Gasteiger partial charge < -0.3 is 4.90 Å². The predicted octanol–water partition coefficient (Wildman–Crippen LogP) is 2.90. The van der Waals surface area contributed by atoms with Gasteiger partial charge in [0.25, 0.3) is 0 Å². The fraction of sp³-hybridized carbons (Fsp3) is 0.364. The molecule has 0 N–H and O–H groups in total. The Kier molecular flexibility index (Phi) is 6.66. The average Bonchev–Trinajstić information content (AvgIpc) is 3.06. The quantitative estimate of drug-likeness (QED) is 0.640. The lowest BCUT2D eigenvalue weighted by atomic mass is 10.2. The summed E-state index contributed by atoms with van der Waals surface area (Å²) >= 11 is 0. The highest BCUT2D eigenvalue weighted by Gasteiger charge is 2.18. The topological polar surface area (TPSA) is 45.8 Å². The van der Waals surface area contributed by atoms with Crippen LogP contribution in [-0.4, -0.2) is 51.8 Å². The molecule has 2 aromatic heterocycles. The van der Waals surface area contributed by atoms with Crippen molar-refractivity contribution in [3.63, 3.8) is 0 Å². The SMILES string of the molecule is C=C(CN1CCN(c2ccccc2)CC1)Cn1nc2ccccn2c1=O.CC. The van der Waals surface area contributed by atoms with Crippen LogP contribution in [0.15, 0.2) is 71.7 Å². The van der Waals surface area contributed by atoms with Gasteiger partial charge in [0.2, 0.25) is 0 Å². The van der Waals surface area contributed by atoms with E-state index in [4.69, 9.17) is 0 Å². The molecule has 0 amide bonds. The molecule has 0 atom stereocenters. The molecule has 6 nitrogen and oxygen atoms in total. The molecular weight excluding hydrogens is 350 g/mol. The van der Waals surface area contributed by atoms with Crippen molar-refractivity contribution in [1.82, 2.24) is 19.1 Å². The summed E-state index contributed by atoms with van der Waals surface area (Å²) in [6, 6.07) is 16.1. The first-order valence-electron chi connectivity index (χ1n) is 9.94. The molecule has 3 heterocycles. The van der Waals surface area contributed by atoms with Gasteiger partial charge in [-0.25, -0.2) is 9.48 Å². The second-order valence-electron chi connectivity index (χ2n) is 6.72. The van der Waals surface area contributed by atoms with E-state index in [1.54, 1.807) is 10.6 Å². The molecule has 1 aromatic carbocycles. The second kappa shape index (κ2) is 9.37. The first-order valence-corrected chi connectivity index (χ1v) is 9.94. The summed E-state index contributed by atoms with van der Waals surface area (Å²) in [6.07, 6.45) is 1.74. The summed E-state index contributed by atoms with van der Waals surface area (Å²) in [5.41, 5.74) is 2.84. The number of nitrogens with zero attached hydrogens (tertiary/aromatic N) is 5. The van der Waals surface area contributed by atoms with Crippen molar-refractivity contribution in [2.24, 2.45) is 0 Å². The van der Waals surface area contributed by atoms with Crippen LogP contribution in [0.25, 0.3) is 5.65 Å². The molecule has 0 unspecified atom stereocenters. The smallest absolute Gasteiger partial charge is 0.350 e. The summed E-state index contributed by atoms with van der Waals surface area (Å²) in [5.74, 6) is 0. The van der Waals surface area contributed by atoms with Crippen molar-refractivity contribution < 1.29 is 0 Å². The standard InChI is InChI=1S/C20H23N5O.C2H6/c1-17(16-25-20(26)24-10-6-5-9-19(24)21-25)15-22-11-13-23(14-12-22)18-7-3-2-4-8-18;1-2/h2-10H,1,11-16H2;1-2H3. The van der Waals surface area contributed by atoms with Gasteiger partial charge in [0, 0.05) is 44.6 Å². The van der Waals surface area contributed by atoms with Gasteiger partial charge in [0.15, 0.2) is 5.65 Å². The van der Waals surface area contributed by atoms with Gasteiger partial charge >= 0.3 is 5.69 Å². The maximum absolute atomic E-state index is 12.4. The van der Waals surface area contributed by atoms with Crippen LogP contribution in [0.5, 0.6) is 0 Å². The van der Waals surface area contributed by atoms with Gasteiger partial charge in [-0.1, -0.05) is 44.7 Å². The monoisotopic (exact) mass is 379 g/mol. The summed E-state index contributed by atoms with van der Waals surface area (Å²) in [4.78, 5) is 17.2. The number of piperazine rings is 1. The van der Waals surface area contributed by atoms with E-state index in [9.17, 15) is 4.79 Å². The Labute approximate surface area is 166 Å². The Bertz CT molecular complexity index is 952. The maximum atomic E-state index is 12.4. The van der Waals surface area contributed by atoms with Crippen LogP contribution >= 0.6 is 0 Å². The average molecular weight is 380 g/mol. The number of anilines is 1. The largest absolute Gasteiger partial charge is 0.369 e. The van der Waals surface area contributed by atoms with E-state index in [0.29, 0.717) is 12.2 Å². The lowest BCUT2D eigenvalue weighted by Crippen LogP contribution is -2.47. The van der Waals surface area contributed by atoms with Crippen molar-refractivity contribution in [3.8, 4) is 0 Å². The zero-order valence-electron chi connectivity index (χ0n) is 16.8. The molecule has 1 aliphatic heterocycles. The molecule has 0 saturated carbocycles. The highest BCUT2D eigenvalue weighted by molar-refractivity contribution is 5.46. The van der Waals surface area contributed by atoms with Crippen LogP contribution in [0.2, 0.25) is 0 Å². The van der Waals surface area contributed by atoms with E-state index in [0.717, 1.165) is 38.3 Å². The zero-order chi connectivity index (χ0) is 19.9. The lowest BCUT2D eigenvalue weighted by Gasteiger charge is -2.36. The number of hydrogen-bond acceptors (Lipinski definition) is 4. The minimum atomic E-state index is -0.115. The molecule has 1 saturated heterocycles. The molecule has 148 valence electrons. The van der Waals surface area contributed by atoms with Gasteiger partial charge in [0.05, 0.1) is 6.54 Å². The molecule has 6 heteroatoms. The normalized spacial score (nSPS) is 14.6. The Hall–Kier alpha value is -2.86. The van der Waals surface area contributed by atoms with Crippen molar-refractivity contribution in [3.05, 3.63) is 77.4 Å². The molecule has 0 bridgehead atoms. The Morgan fingerprint density at radius 1 is 0.964 bits per heavy atom. The van der Waals surface area contributed by atoms with Crippen LogP contribution in [-0.2, 0) is 6.54 Å². The molecule has 0 radical (unpaired) electrons. The van der Waals surface area contributed by atoms with E-state index in [1.807, 2.05) is 38.1 Å². The number of para-hydroxylation sites is 1. The summed E-state index contributed by atoms with van der Waals surface area (Å²) in [5, 5.41) is 4.38. The third kappa shape index (κ3) is 4.51. The molecule has 28 heavy (non-hydrogen) atoms. The van der Waals surface area contributed by atoms with E-state index in [-0.39, 0.29) is 5.69 Å². The van der Waals surface area contributed by atoms with Crippen molar-refractivity contribution >= 4 is 11.3 Å². The molecule has 1 aliphatic rings. The molecule has 0 spiro atoms. The number of aromatic nitrogens is 3. The van der Waals surface area contributed by atoms with Gasteiger partial charge in [-0.15, -0.1) is 5.10 Å². The van der Waals surface area contributed by atoms with Crippen LogP contribution in [0.3, 0.4) is 0 Å². The summed E-state index contributed by atoms with van der Waals surface area (Å²) < 4.78 is 3.06. The van der Waals surface area contributed by atoms with Crippen LogP contribution in [0, 0.1) is 0 Å². The van der Waals surface area contributed by atoms with Crippen molar-refractivity contribution in [2.75, 3.05) is 37.6 Å². The Morgan fingerprint density at radius 2 is 1.64 bits per heavy atom. The minimum Gasteiger partial charge on any atom is -0.369 e. The van der Waals surface area contributed by atoms with Gasteiger partial charge in [-0.3, -0.25) is 9.30 Å². The Balaban J connectivity index is 0.00000109. The summed E-state index contributed by atoms with van der Waals surface area (Å²) in [6.45, 7) is 13.4. The first kappa shape index (κ1) is 19.9. The van der Waals surface area contributed by atoms with Crippen LogP contribution < -0.4 is 10.6 Å². The predicted molar refractivity (Wildman–Crippen MR) is 115 cm³/mol.